The van der Waals surface area contributed by atoms with Gasteiger partial charge in [0.2, 0.25) is 0 Å². The number of hydrogen-bond donors (Lipinski definition) is 1. The number of anilines is 1. The van der Waals surface area contributed by atoms with E-state index in [2.05, 4.69) is 16.3 Å². The smallest absolute Gasteiger partial charge is 0.258 e. The number of rotatable bonds is 4. The lowest BCUT2D eigenvalue weighted by Crippen LogP contribution is -2.38. The molecule has 0 fully saturated rings. The summed E-state index contributed by atoms with van der Waals surface area (Å²) in [5.41, 5.74) is 2.25. The third-order valence-electron chi connectivity index (χ3n) is 3.98. The minimum absolute atomic E-state index is 0.0222. The number of nitrogens with one attached hydrogen (secondary N) is 1. The van der Waals surface area contributed by atoms with Crippen molar-refractivity contribution in [1.82, 2.24) is 5.32 Å². The van der Waals surface area contributed by atoms with Crippen molar-refractivity contribution in [3.63, 3.8) is 0 Å². The number of hydrogen-bond acceptors (Lipinski definition) is 3. The highest BCUT2D eigenvalue weighted by molar-refractivity contribution is 5.78. The Bertz CT molecular complexity index is 705. The molecular formula is C18H19FN2O2. The van der Waals surface area contributed by atoms with Crippen LogP contribution < -0.4 is 15.0 Å². The summed E-state index contributed by atoms with van der Waals surface area (Å²) in [6, 6.07) is 13.8. The number of halogens is 1. The van der Waals surface area contributed by atoms with E-state index in [4.69, 9.17) is 4.74 Å². The number of ether oxygens (including phenoxy) is 1. The first-order valence-corrected chi connectivity index (χ1v) is 7.61. The third kappa shape index (κ3) is 3.62. The molecule has 1 aliphatic heterocycles. The second-order valence-corrected chi connectivity index (χ2v) is 5.64. The Kier molecular flexibility index (Phi) is 4.46. The summed E-state index contributed by atoms with van der Waals surface area (Å²) in [6.07, 6.45) is 0.846. The van der Waals surface area contributed by atoms with Crippen molar-refractivity contribution in [2.45, 2.75) is 12.5 Å². The van der Waals surface area contributed by atoms with E-state index < -0.39 is 0 Å². The lowest BCUT2D eigenvalue weighted by molar-refractivity contribution is -0.123. The van der Waals surface area contributed by atoms with E-state index in [0.717, 1.165) is 24.2 Å². The van der Waals surface area contributed by atoms with Crippen molar-refractivity contribution in [3.05, 3.63) is 59.9 Å². The Labute approximate surface area is 134 Å². The second-order valence-electron chi connectivity index (χ2n) is 5.64. The molecule has 0 aromatic heterocycles. The molecule has 1 amide bonds. The molecule has 0 spiro atoms. The van der Waals surface area contributed by atoms with Gasteiger partial charge in [-0.05, 0) is 30.2 Å². The van der Waals surface area contributed by atoms with Crippen molar-refractivity contribution >= 4 is 11.6 Å². The van der Waals surface area contributed by atoms with E-state index in [-0.39, 0.29) is 24.4 Å². The van der Waals surface area contributed by atoms with Crippen LogP contribution in [0.15, 0.2) is 48.5 Å². The highest BCUT2D eigenvalue weighted by Gasteiger charge is 2.24. The molecule has 0 aliphatic carbocycles. The molecule has 2 aromatic carbocycles. The Balaban J connectivity index is 1.61. The molecule has 120 valence electrons. The summed E-state index contributed by atoms with van der Waals surface area (Å²) < 4.78 is 18.4. The maximum atomic E-state index is 13.1. The van der Waals surface area contributed by atoms with Gasteiger partial charge in [0.15, 0.2) is 6.61 Å². The topological polar surface area (TPSA) is 41.6 Å². The van der Waals surface area contributed by atoms with E-state index in [1.54, 1.807) is 12.1 Å². The molecular weight excluding hydrogens is 295 g/mol. The average molecular weight is 314 g/mol. The normalized spacial score (nSPS) is 16.6. The Hall–Kier alpha value is -2.56. The summed E-state index contributed by atoms with van der Waals surface area (Å²) in [6.45, 7) is 0.755. The first kappa shape index (κ1) is 15.3. The highest BCUT2D eigenvalue weighted by Crippen LogP contribution is 2.32. The van der Waals surface area contributed by atoms with Gasteiger partial charge in [0.25, 0.3) is 5.91 Å². The lowest BCUT2D eigenvalue weighted by Gasteiger charge is -2.33. The first-order valence-electron chi connectivity index (χ1n) is 7.61. The summed E-state index contributed by atoms with van der Waals surface area (Å²) >= 11 is 0. The van der Waals surface area contributed by atoms with E-state index in [9.17, 15) is 9.18 Å². The number of para-hydroxylation sites is 1. The minimum atomic E-state index is -0.382. The molecule has 0 bridgehead atoms. The molecule has 5 heteroatoms. The van der Waals surface area contributed by atoms with Crippen LogP contribution in [0.25, 0.3) is 0 Å². The molecule has 1 aliphatic rings. The SMILES string of the molecule is CN1CCC(NC(=O)COc2cccc(F)c2)c2ccccc21. The number of nitrogens with zero attached hydrogens (tertiary/aromatic N) is 1. The largest absolute Gasteiger partial charge is 0.484 e. The van der Waals surface area contributed by atoms with E-state index >= 15 is 0 Å². The molecule has 0 radical (unpaired) electrons. The monoisotopic (exact) mass is 314 g/mol. The summed E-state index contributed by atoms with van der Waals surface area (Å²) in [5, 5.41) is 3.00. The zero-order chi connectivity index (χ0) is 16.2. The van der Waals surface area contributed by atoms with Crippen LogP contribution >= 0.6 is 0 Å². The van der Waals surface area contributed by atoms with Crippen LogP contribution in [0, 0.1) is 5.82 Å². The number of fused-ring (bicyclic) bond motifs is 1. The van der Waals surface area contributed by atoms with Gasteiger partial charge in [0.1, 0.15) is 11.6 Å². The number of carbonyl (C=O) groups is 1. The van der Waals surface area contributed by atoms with Crippen LogP contribution in [0.5, 0.6) is 5.75 Å². The lowest BCUT2D eigenvalue weighted by atomic mass is 9.97. The fourth-order valence-corrected chi connectivity index (χ4v) is 2.82. The predicted octanol–water partition coefficient (Wildman–Crippen LogP) is 2.90. The third-order valence-corrected chi connectivity index (χ3v) is 3.98. The van der Waals surface area contributed by atoms with Crippen molar-refractivity contribution < 1.29 is 13.9 Å². The maximum absolute atomic E-state index is 13.1. The van der Waals surface area contributed by atoms with E-state index in [1.165, 1.54) is 12.1 Å². The van der Waals surface area contributed by atoms with Crippen LogP contribution in [-0.2, 0) is 4.79 Å². The molecule has 3 rings (SSSR count). The summed E-state index contributed by atoms with van der Waals surface area (Å²) in [4.78, 5) is 14.3. The van der Waals surface area contributed by atoms with Crippen molar-refractivity contribution in [3.8, 4) is 5.75 Å². The summed E-state index contributed by atoms with van der Waals surface area (Å²) in [5.74, 6) is -0.241. The zero-order valence-electron chi connectivity index (χ0n) is 13.0. The van der Waals surface area contributed by atoms with Crippen LogP contribution in [0.1, 0.15) is 18.0 Å². The van der Waals surface area contributed by atoms with Crippen molar-refractivity contribution in [1.29, 1.82) is 0 Å². The number of amides is 1. The minimum Gasteiger partial charge on any atom is -0.484 e. The van der Waals surface area contributed by atoms with Gasteiger partial charge in [-0.3, -0.25) is 4.79 Å². The second kappa shape index (κ2) is 6.69. The molecule has 1 unspecified atom stereocenters. The summed E-state index contributed by atoms with van der Waals surface area (Å²) in [7, 11) is 2.05. The van der Waals surface area contributed by atoms with Gasteiger partial charge < -0.3 is 15.0 Å². The fraction of sp³-hybridized carbons (Fsp3) is 0.278. The van der Waals surface area contributed by atoms with Gasteiger partial charge in [-0.1, -0.05) is 24.3 Å². The molecule has 1 N–H and O–H groups in total. The standard InChI is InChI=1S/C18H19FN2O2/c1-21-10-9-16(15-7-2-3-8-17(15)21)20-18(22)12-23-14-6-4-5-13(19)11-14/h2-8,11,16H,9-10,12H2,1H3,(H,20,22). The maximum Gasteiger partial charge on any atom is 0.258 e. The average Bonchev–Trinajstić information content (AvgIpc) is 2.56. The first-order chi connectivity index (χ1) is 11.1. The Morgan fingerprint density at radius 2 is 2.13 bits per heavy atom. The number of benzene rings is 2. The van der Waals surface area contributed by atoms with Gasteiger partial charge in [0, 0.05) is 25.3 Å². The number of carbonyl (C=O) groups excluding carboxylic acids is 1. The van der Waals surface area contributed by atoms with Crippen LogP contribution in [-0.4, -0.2) is 26.1 Å². The molecule has 4 nitrogen and oxygen atoms in total. The van der Waals surface area contributed by atoms with Gasteiger partial charge in [-0.25, -0.2) is 4.39 Å². The predicted molar refractivity (Wildman–Crippen MR) is 87.1 cm³/mol. The quantitative estimate of drug-likeness (QED) is 0.943. The van der Waals surface area contributed by atoms with Gasteiger partial charge in [0.05, 0.1) is 6.04 Å². The zero-order valence-corrected chi connectivity index (χ0v) is 13.0. The van der Waals surface area contributed by atoms with Gasteiger partial charge >= 0.3 is 0 Å². The molecule has 0 saturated heterocycles. The van der Waals surface area contributed by atoms with Crippen LogP contribution in [0.4, 0.5) is 10.1 Å². The van der Waals surface area contributed by atoms with Gasteiger partial charge in [-0.15, -0.1) is 0 Å². The van der Waals surface area contributed by atoms with E-state index in [1.807, 2.05) is 25.2 Å². The molecule has 1 heterocycles. The van der Waals surface area contributed by atoms with Gasteiger partial charge in [-0.2, -0.15) is 0 Å². The molecule has 1 atom stereocenters. The molecule has 2 aromatic rings. The van der Waals surface area contributed by atoms with Crippen LogP contribution in [0.2, 0.25) is 0 Å². The highest BCUT2D eigenvalue weighted by atomic mass is 19.1. The fourth-order valence-electron chi connectivity index (χ4n) is 2.82. The Morgan fingerprint density at radius 1 is 1.30 bits per heavy atom. The molecule has 23 heavy (non-hydrogen) atoms. The van der Waals surface area contributed by atoms with Crippen molar-refractivity contribution in [2.75, 3.05) is 25.1 Å². The van der Waals surface area contributed by atoms with Crippen LogP contribution in [0.3, 0.4) is 0 Å². The Morgan fingerprint density at radius 3 is 2.96 bits per heavy atom. The van der Waals surface area contributed by atoms with E-state index in [0.29, 0.717) is 5.75 Å². The van der Waals surface area contributed by atoms with Crippen molar-refractivity contribution in [2.24, 2.45) is 0 Å². The molecule has 0 saturated carbocycles.